The van der Waals surface area contributed by atoms with Crippen LogP contribution in [-0.2, 0) is 39.3 Å². The molecule has 2 aromatic carbocycles. The van der Waals surface area contributed by atoms with Crippen LogP contribution in [0.2, 0.25) is 0 Å². The lowest BCUT2D eigenvalue weighted by atomic mass is 9.91. The molecule has 0 spiro atoms. The van der Waals surface area contributed by atoms with Crippen LogP contribution in [0.1, 0.15) is 54.4 Å². The van der Waals surface area contributed by atoms with E-state index in [2.05, 4.69) is 17.2 Å². The van der Waals surface area contributed by atoms with Crippen LogP contribution in [0.4, 0.5) is 13.2 Å². The molecular weight excluding hydrogens is 597 g/mol. The van der Waals surface area contributed by atoms with Gasteiger partial charge in [-0.15, -0.1) is 0 Å². The number of carbonyl (C=O) groups is 2. The Hall–Kier alpha value is -3.39. The number of hydrogen-bond donors (Lipinski definition) is 2. The summed E-state index contributed by atoms with van der Waals surface area (Å²) in [5.74, 6) is -1.94. The van der Waals surface area contributed by atoms with Gasteiger partial charge in [-0.25, -0.2) is 4.98 Å². The predicted molar refractivity (Wildman–Crippen MR) is 156 cm³/mol. The highest BCUT2D eigenvalue weighted by Crippen LogP contribution is 2.43. The van der Waals surface area contributed by atoms with Crippen molar-refractivity contribution in [3.8, 4) is 0 Å². The number of nitrogens with one attached hydrogen (secondary N) is 1. The van der Waals surface area contributed by atoms with Crippen molar-refractivity contribution in [3.05, 3.63) is 83.2 Å². The van der Waals surface area contributed by atoms with E-state index in [1.165, 1.54) is 0 Å². The van der Waals surface area contributed by atoms with Gasteiger partial charge in [-0.05, 0) is 29.5 Å². The first-order valence-corrected chi connectivity index (χ1v) is 15.4. The number of amides is 2. The Morgan fingerprint density at radius 3 is 2.39 bits per heavy atom. The zero-order chi connectivity index (χ0) is 31.4. The van der Waals surface area contributed by atoms with Gasteiger partial charge in [0.05, 0.1) is 18.8 Å². The second-order valence-electron chi connectivity index (χ2n) is 11.1. The van der Waals surface area contributed by atoms with E-state index in [1.54, 1.807) is 30.1 Å². The minimum absolute atomic E-state index is 0.00728. The van der Waals surface area contributed by atoms with Gasteiger partial charge in [-0.1, -0.05) is 67.2 Å². The summed E-state index contributed by atoms with van der Waals surface area (Å²) in [6.45, 7) is 2.03. The fourth-order valence-corrected chi connectivity index (χ4v) is 6.60. The summed E-state index contributed by atoms with van der Waals surface area (Å²) < 4.78 is 53.7. The van der Waals surface area contributed by atoms with Crippen LogP contribution in [0.15, 0.2) is 66.1 Å². The van der Waals surface area contributed by atoms with Crippen LogP contribution in [0.5, 0.6) is 0 Å². The Morgan fingerprint density at radius 2 is 1.75 bits per heavy atom. The van der Waals surface area contributed by atoms with Gasteiger partial charge in [0.15, 0.2) is 11.4 Å². The molecule has 2 aliphatic rings. The minimum atomic E-state index is -5.02. The van der Waals surface area contributed by atoms with Crippen molar-refractivity contribution in [3.63, 3.8) is 0 Å². The molecule has 3 heterocycles. The van der Waals surface area contributed by atoms with E-state index < -0.39 is 30.3 Å². The number of aliphatic hydroxyl groups is 1. The highest BCUT2D eigenvalue weighted by Gasteiger charge is 2.47. The van der Waals surface area contributed by atoms with Crippen LogP contribution in [0.25, 0.3) is 0 Å². The maximum absolute atomic E-state index is 12.9. The predicted octanol–water partition coefficient (Wildman–Crippen LogP) is 4.67. The van der Waals surface area contributed by atoms with Crippen molar-refractivity contribution in [2.75, 3.05) is 12.3 Å². The number of aliphatic hydroxyl groups excluding tert-OH is 1. The number of hydrogen-bond acceptors (Lipinski definition) is 7. The Labute approximate surface area is 257 Å². The molecule has 2 fully saturated rings. The molecule has 236 valence electrons. The molecule has 2 amide bonds. The number of rotatable bonds is 9. The highest BCUT2D eigenvalue weighted by atomic mass is 32.2. The number of aromatic nitrogens is 2. The highest BCUT2D eigenvalue weighted by molar-refractivity contribution is 7.99. The maximum atomic E-state index is 12.9. The molecular formula is C31H35F3N4O5S. The molecule has 0 saturated carbocycles. The van der Waals surface area contributed by atoms with Gasteiger partial charge in [0.2, 0.25) is 5.91 Å². The average molecular weight is 633 g/mol. The first-order chi connectivity index (χ1) is 21.0. The summed E-state index contributed by atoms with van der Waals surface area (Å²) in [4.78, 5) is 29.4. The quantitative estimate of drug-likeness (QED) is 0.331. The van der Waals surface area contributed by atoms with E-state index >= 15 is 0 Å². The number of aryl methyl sites for hydroxylation is 1. The van der Waals surface area contributed by atoms with Gasteiger partial charge >= 0.3 is 12.1 Å². The number of ether oxygens (including phenoxy) is 2. The van der Waals surface area contributed by atoms with Crippen molar-refractivity contribution in [2.24, 2.45) is 13.0 Å². The number of halogens is 3. The van der Waals surface area contributed by atoms with Gasteiger partial charge in [0, 0.05) is 49.8 Å². The first kappa shape index (κ1) is 32.0. The Balaban J connectivity index is 1.26. The third-order valence-electron chi connectivity index (χ3n) is 8.05. The van der Waals surface area contributed by atoms with E-state index in [4.69, 9.17) is 9.47 Å². The van der Waals surface area contributed by atoms with E-state index in [-0.39, 0.29) is 44.2 Å². The zero-order valence-corrected chi connectivity index (χ0v) is 25.2. The number of benzene rings is 2. The number of carbonyl (C=O) groups excluding carboxylic acids is 2. The van der Waals surface area contributed by atoms with Gasteiger partial charge in [-0.2, -0.15) is 13.2 Å². The number of alkyl halides is 3. The molecule has 44 heavy (non-hydrogen) atoms. The third kappa shape index (κ3) is 7.28. The summed E-state index contributed by atoms with van der Waals surface area (Å²) >= 11 is 1.60. The second kappa shape index (κ2) is 13.7. The molecule has 3 aromatic rings. The summed E-state index contributed by atoms with van der Waals surface area (Å²) in [6, 6.07) is 13.8. The van der Waals surface area contributed by atoms with E-state index in [1.807, 2.05) is 54.2 Å². The smallest absolute Gasteiger partial charge is 0.392 e. The Kier molecular flexibility index (Phi) is 9.98. The van der Waals surface area contributed by atoms with Crippen molar-refractivity contribution >= 4 is 23.6 Å². The van der Waals surface area contributed by atoms with Gasteiger partial charge in [-0.3, -0.25) is 9.59 Å². The standard InChI is InChI=1S/C31H35F3N4O5S/c1-19-25(18-44-30-35-13-15-37(30)2)42-28(43-26(19)22-9-7-21(17-39)8-10-22)23-11-5-20(6-12-23)16-36-27(40)24-4-3-14-38(24)29(41)31(32,33)34/h5-13,15,19,24-26,28,39H,3-4,14,16-18H2,1-2H3,(H,36,40). The lowest BCUT2D eigenvalue weighted by Gasteiger charge is -2.41. The number of imidazole rings is 1. The molecule has 2 aliphatic heterocycles. The van der Waals surface area contributed by atoms with E-state index in [0.29, 0.717) is 17.1 Å². The van der Waals surface area contributed by atoms with Crippen LogP contribution in [-0.4, -0.2) is 62.0 Å². The SMILES string of the molecule is CC1C(CSc2nccn2C)OC(c2ccc(CNC(=O)C3CCCN3C(=O)C(F)(F)F)cc2)OC1c1ccc(CO)cc1. The van der Waals surface area contributed by atoms with Crippen LogP contribution in [0, 0.1) is 5.92 Å². The molecule has 5 unspecified atom stereocenters. The molecule has 13 heteroatoms. The van der Waals surface area contributed by atoms with Crippen molar-refractivity contribution in [1.82, 2.24) is 19.8 Å². The number of likely N-dealkylation sites (tertiary alicyclic amines) is 1. The molecule has 1 aromatic heterocycles. The monoisotopic (exact) mass is 632 g/mol. The van der Waals surface area contributed by atoms with Crippen molar-refractivity contribution in [2.45, 2.75) is 68.8 Å². The maximum Gasteiger partial charge on any atom is 0.471 e. The van der Waals surface area contributed by atoms with Crippen molar-refractivity contribution in [1.29, 1.82) is 0 Å². The number of nitrogens with zero attached hydrogens (tertiary/aromatic N) is 3. The Morgan fingerprint density at radius 1 is 1.07 bits per heavy atom. The number of thioether (sulfide) groups is 1. The molecule has 2 N–H and O–H groups in total. The normalized spacial score (nSPS) is 24.0. The fourth-order valence-electron chi connectivity index (χ4n) is 5.50. The average Bonchev–Trinajstić information content (AvgIpc) is 3.68. The topological polar surface area (TPSA) is 106 Å². The van der Waals surface area contributed by atoms with E-state index in [0.717, 1.165) is 27.4 Å². The lowest BCUT2D eigenvalue weighted by molar-refractivity contribution is -0.268. The molecule has 9 nitrogen and oxygen atoms in total. The molecule has 5 rings (SSSR count). The Bertz CT molecular complexity index is 1430. The first-order valence-electron chi connectivity index (χ1n) is 14.4. The summed E-state index contributed by atoms with van der Waals surface area (Å²) in [5.41, 5.74) is 3.28. The molecule has 0 aliphatic carbocycles. The molecule has 0 bridgehead atoms. The summed E-state index contributed by atoms with van der Waals surface area (Å²) in [6.07, 6.45) is -1.98. The lowest BCUT2D eigenvalue weighted by Crippen LogP contribution is -2.50. The van der Waals surface area contributed by atoms with Crippen LogP contribution < -0.4 is 5.32 Å². The third-order valence-corrected chi connectivity index (χ3v) is 9.20. The van der Waals surface area contributed by atoms with Crippen molar-refractivity contribution < 1.29 is 37.3 Å². The van der Waals surface area contributed by atoms with Gasteiger partial charge in [0.1, 0.15) is 6.04 Å². The summed E-state index contributed by atoms with van der Waals surface area (Å²) in [7, 11) is 1.94. The zero-order valence-electron chi connectivity index (χ0n) is 24.4. The minimum Gasteiger partial charge on any atom is -0.392 e. The van der Waals surface area contributed by atoms with Gasteiger partial charge < -0.3 is 29.4 Å². The largest absolute Gasteiger partial charge is 0.471 e. The van der Waals surface area contributed by atoms with Crippen LogP contribution in [0.3, 0.4) is 0 Å². The van der Waals surface area contributed by atoms with E-state index in [9.17, 15) is 27.9 Å². The van der Waals surface area contributed by atoms with Gasteiger partial charge in [0.25, 0.3) is 0 Å². The molecule has 2 saturated heterocycles. The van der Waals surface area contributed by atoms with Crippen LogP contribution >= 0.6 is 11.8 Å². The molecule has 5 atom stereocenters. The molecule has 0 radical (unpaired) electrons. The second-order valence-corrected chi connectivity index (χ2v) is 12.1. The fraction of sp³-hybridized carbons (Fsp3) is 0.452. The summed E-state index contributed by atoms with van der Waals surface area (Å²) in [5, 5.41) is 13.0.